The van der Waals surface area contributed by atoms with E-state index in [2.05, 4.69) is 29.8 Å². The quantitative estimate of drug-likeness (QED) is 0.842. The maximum atomic E-state index is 11.5. The van der Waals surface area contributed by atoms with Crippen LogP contribution in [0.15, 0.2) is 22.7 Å². The van der Waals surface area contributed by atoms with Crippen LogP contribution in [0.25, 0.3) is 0 Å². The van der Waals surface area contributed by atoms with Crippen LogP contribution in [0, 0.1) is 5.92 Å². The molecule has 1 atom stereocenters. The number of rotatable bonds is 6. The van der Waals surface area contributed by atoms with Crippen LogP contribution in [0.3, 0.4) is 0 Å². The Bertz CT molecular complexity index is 448. The Morgan fingerprint density at radius 2 is 2.05 bits per heavy atom. The van der Waals surface area contributed by atoms with Gasteiger partial charge in [-0.1, -0.05) is 19.9 Å². The first-order valence-corrected chi connectivity index (χ1v) is 7.19. The molecular weight excluding hydrogens is 306 g/mol. The molecule has 0 aliphatic heterocycles. The van der Waals surface area contributed by atoms with Crippen molar-refractivity contribution < 1.29 is 4.79 Å². The van der Waals surface area contributed by atoms with Crippen LogP contribution in [-0.4, -0.2) is 25.5 Å². The zero-order valence-electron chi connectivity index (χ0n) is 11.7. The second-order valence-corrected chi connectivity index (χ2v) is 5.97. The van der Waals surface area contributed by atoms with Crippen molar-refractivity contribution in [2.45, 2.75) is 26.3 Å². The van der Waals surface area contributed by atoms with Gasteiger partial charge in [0.15, 0.2) is 0 Å². The number of hydrogen-bond donors (Lipinski definition) is 2. The summed E-state index contributed by atoms with van der Waals surface area (Å²) in [5, 5.41) is 0. The van der Waals surface area contributed by atoms with E-state index in [-0.39, 0.29) is 6.04 Å². The molecule has 1 aromatic rings. The van der Waals surface area contributed by atoms with Crippen LogP contribution in [-0.2, 0) is 0 Å². The maximum Gasteiger partial charge on any atom is 0.251 e. The number of anilines is 1. The number of primary amides is 1. The van der Waals surface area contributed by atoms with Gasteiger partial charge >= 0.3 is 0 Å². The van der Waals surface area contributed by atoms with Gasteiger partial charge in [-0.25, -0.2) is 0 Å². The monoisotopic (exact) mass is 327 g/mol. The molecule has 0 aliphatic rings. The van der Waals surface area contributed by atoms with E-state index in [0.29, 0.717) is 11.5 Å². The predicted molar refractivity (Wildman–Crippen MR) is 83.4 cm³/mol. The lowest BCUT2D eigenvalue weighted by molar-refractivity contribution is 0.1000. The number of nitrogens with two attached hydrogens (primary N) is 2. The molecule has 1 amide bonds. The number of nitrogens with zero attached hydrogens (tertiary/aromatic N) is 1. The highest BCUT2D eigenvalue weighted by Crippen LogP contribution is 2.27. The molecule has 19 heavy (non-hydrogen) atoms. The molecule has 0 heterocycles. The summed E-state index contributed by atoms with van der Waals surface area (Å²) < 4.78 is 0.720. The van der Waals surface area contributed by atoms with Crippen molar-refractivity contribution in [1.82, 2.24) is 0 Å². The van der Waals surface area contributed by atoms with Crippen molar-refractivity contribution in [3.8, 4) is 0 Å². The topological polar surface area (TPSA) is 72.3 Å². The zero-order chi connectivity index (χ0) is 14.6. The number of carbonyl (C=O) groups excluding carboxylic acids is 1. The van der Waals surface area contributed by atoms with Gasteiger partial charge in [0, 0.05) is 24.1 Å². The minimum Gasteiger partial charge on any atom is -0.374 e. The van der Waals surface area contributed by atoms with Crippen molar-refractivity contribution in [1.29, 1.82) is 0 Å². The first-order valence-electron chi connectivity index (χ1n) is 6.39. The smallest absolute Gasteiger partial charge is 0.251 e. The van der Waals surface area contributed by atoms with Gasteiger partial charge in [0.2, 0.25) is 0 Å². The lowest BCUT2D eigenvalue weighted by Gasteiger charge is -2.25. The number of benzene rings is 1. The molecule has 0 aromatic heterocycles. The Labute approximate surface area is 123 Å². The Kier molecular flexibility index (Phi) is 5.82. The predicted octanol–water partition coefficient (Wildman–Crippen LogP) is 2.36. The van der Waals surface area contributed by atoms with Gasteiger partial charge in [0.1, 0.15) is 0 Å². The molecule has 4 nitrogen and oxygen atoms in total. The van der Waals surface area contributed by atoms with Gasteiger partial charge in [0.25, 0.3) is 5.91 Å². The fourth-order valence-corrected chi connectivity index (χ4v) is 2.42. The minimum atomic E-state index is -0.428. The molecule has 0 aliphatic carbocycles. The molecule has 0 spiro atoms. The summed E-state index contributed by atoms with van der Waals surface area (Å²) in [5.74, 6) is 0.0222. The normalized spacial score (nSPS) is 12.5. The third kappa shape index (κ3) is 4.21. The van der Waals surface area contributed by atoms with Crippen LogP contribution in [0.5, 0.6) is 0 Å². The third-order valence-corrected chi connectivity index (χ3v) is 3.96. The molecule has 0 bridgehead atoms. The molecule has 1 aromatic carbocycles. The fourth-order valence-electron chi connectivity index (χ4n) is 1.87. The van der Waals surface area contributed by atoms with E-state index in [1.54, 1.807) is 0 Å². The van der Waals surface area contributed by atoms with Gasteiger partial charge in [-0.2, -0.15) is 0 Å². The van der Waals surface area contributed by atoms with Gasteiger partial charge in [-0.3, -0.25) is 4.79 Å². The second-order valence-electron chi connectivity index (χ2n) is 5.12. The van der Waals surface area contributed by atoms with E-state index < -0.39 is 5.91 Å². The molecule has 0 radical (unpaired) electrons. The first kappa shape index (κ1) is 16.0. The molecule has 0 fully saturated rings. The maximum absolute atomic E-state index is 11.5. The van der Waals surface area contributed by atoms with Crippen molar-refractivity contribution in [2.75, 3.05) is 18.5 Å². The Balaban J connectivity index is 2.85. The van der Waals surface area contributed by atoms with Gasteiger partial charge in [-0.15, -0.1) is 0 Å². The fraction of sp³-hybridized carbons (Fsp3) is 0.500. The first-order chi connectivity index (χ1) is 8.84. The highest BCUT2D eigenvalue weighted by Gasteiger charge is 2.16. The number of hydrogen-bond acceptors (Lipinski definition) is 3. The van der Waals surface area contributed by atoms with Gasteiger partial charge in [-0.05, 0) is 40.4 Å². The van der Waals surface area contributed by atoms with Crippen LogP contribution in [0.1, 0.15) is 30.6 Å². The zero-order valence-corrected chi connectivity index (χ0v) is 13.3. The average molecular weight is 328 g/mol. The molecule has 106 valence electrons. The molecule has 1 rings (SSSR count). The Morgan fingerprint density at radius 1 is 1.42 bits per heavy atom. The Morgan fingerprint density at radius 3 is 2.58 bits per heavy atom. The SMILES string of the molecule is CC(C)C(N)CCN(C)c1cccc(Br)c1C(N)=O. The van der Waals surface area contributed by atoms with E-state index in [0.717, 1.165) is 23.1 Å². The van der Waals surface area contributed by atoms with Crippen molar-refractivity contribution in [3.05, 3.63) is 28.2 Å². The summed E-state index contributed by atoms with van der Waals surface area (Å²) in [6.45, 7) is 5.01. The van der Waals surface area contributed by atoms with E-state index >= 15 is 0 Å². The highest BCUT2D eigenvalue weighted by molar-refractivity contribution is 9.10. The van der Waals surface area contributed by atoms with Crippen molar-refractivity contribution >= 4 is 27.5 Å². The second kappa shape index (κ2) is 6.91. The molecule has 1 unspecified atom stereocenters. The van der Waals surface area contributed by atoms with Crippen LogP contribution in [0.2, 0.25) is 0 Å². The molecule has 0 saturated carbocycles. The van der Waals surface area contributed by atoms with Gasteiger partial charge < -0.3 is 16.4 Å². The summed E-state index contributed by atoms with van der Waals surface area (Å²) in [7, 11) is 1.95. The highest BCUT2D eigenvalue weighted by atomic mass is 79.9. The van der Waals surface area contributed by atoms with Crippen molar-refractivity contribution in [3.63, 3.8) is 0 Å². The molecular formula is C14H22BrN3O. The van der Waals surface area contributed by atoms with E-state index in [1.165, 1.54) is 0 Å². The van der Waals surface area contributed by atoms with Crippen LogP contribution < -0.4 is 16.4 Å². The largest absolute Gasteiger partial charge is 0.374 e. The van der Waals surface area contributed by atoms with Crippen LogP contribution in [0.4, 0.5) is 5.69 Å². The summed E-state index contributed by atoms with van der Waals surface area (Å²) in [4.78, 5) is 13.6. The van der Waals surface area contributed by atoms with E-state index in [9.17, 15) is 4.79 Å². The van der Waals surface area contributed by atoms with Crippen LogP contribution >= 0.6 is 15.9 Å². The average Bonchev–Trinajstić information content (AvgIpc) is 2.34. The van der Waals surface area contributed by atoms with Gasteiger partial charge in [0.05, 0.1) is 11.3 Å². The lowest BCUT2D eigenvalue weighted by Crippen LogP contribution is -2.32. The molecule has 5 heteroatoms. The number of carbonyl (C=O) groups is 1. The lowest BCUT2D eigenvalue weighted by atomic mass is 10.0. The van der Waals surface area contributed by atoms with Crippen molar-refractivity contribution in [2.24, 2.45) is 17.4 Å². The number of halogens is 1. The molecule has 4 N–H and O–H groups in total. The molecule has 0 saturated heterocycles. The standard InChI is InChI=1S/C14H22BrN3O/c1-9(2)11(16)7-8-18(3)12-6-4-5-10(15)13(12)14(17)19/h4-6,9,11H,7-8,16H2,1-3H3,(H2,17,19). The third-order valence-electron chi connectivity index (χ3n) is 3.30. The summed E-state index contributed by atoms with van der Waals surface area (Å²) in [6.07, 6.45) is 0.874. The summed E-state index contributed by atoms with van der Waals surface area (Å²) in [5.41, 5.74) is 12.8. The summed E-state index contributed by atoms with van der Waals surface area (Å²) >= 11 is 3.37. The minimum absolute atomic E-state index is 0.159. The van der Waals surface area contributed by atoms with E-state index in [1.807, 2.05) is 30.1 Å². The number of amides is 1. The van der Waals surface area contributed by atoms with E-state index in [4.69, 9.17) is 11.5 Å². The summed E-state index contributed by atoms with van der Waals surface area (Å²) in [6, 6.07) is 5.76. The Hall–Kier alpha value is -1.07.